The van der Waals surface area contributed by atoms with Crippen LogP contribution < -0.4 is 10.1 Å². The lowest BCUT2D eigenvalue weighted by molar-refractivity contribution is 0.419. The highest BCUT2D eigenvalue weighted by atomic mass is 16.5. The van der Waals surface area contributed by atoms with Crippen molar-refractivity contribution in [1.29, 1.82) is 5.26 Å². The third kappa shape index (κ3) is 1.55. The minimum atomic E-state index is 0.830. The highest BCUT2D eigenvalue weighted by Gasteiger charge is 2.08. The number of hydrogen-bond donors (Lipinski definition) is 1. The van der Waals surface area contributed by atoms with E-state index in [0.717, 1.165) is 27.8 Å². The Morgan fingerprint density at radius 3 is 2.56 bits per heavy atom. The number of benzene rings is 2. The number of anilines is 1. The summed E-state index contributed by atoms with van der Waals surface area (Å²) in [6.07, 6.45) is 1.96. The molecule has 3 heteroatoms. The van der Waals surface area contributed by atoms with E-state index < -0.39 is 0 Å². The fourth-order valence-corrected chi connectivity index (χ4v) is 1.87. The summed E-state index contributed by atoms with van der Waals surface area (Å²) in [4.78, 5) is 0. The second kappa shape index (κ2) is 4.11. The molecule has 80 valence electrons. The summed E-state index contributed by atoms with van der Waals surface area (Å²) in [5.41, 5.74) is 1.84. The maximum Gasteiger partial charge on any atom is 0.181 e. The van der Waals surface area contributed by atoms with Gasteiger partial charge < -0.3 is 4.74 Å². The molecule has 0 saturated carbocycles. The highest BCUT2D eigenvalue weighted by molar-refractivity contribution is 5.99. The van der Waals surface area contributed by atoms with Crippen molar-refractivity contribution >= 4 is 16.5 Å². The predicted molar refractivity (Wildman–Crippen MR) is 64.5 cm³/mol. The number of hydrogen-bond acceptors (Lipinski definition) is 3. The molecule has 0 fully saturated rings. The topological polar surface area (TPSA) is 45.0 Å². The first-order chi connectivity index (χ1) is 7.77. The number of fused-ring (bicyclic) bond motifs is 1. The Morgan fingerprint density at radius 2 is 1.94 bits per heavy atom. The van der Waals surface area contributed by atoms with Gasteiger partial charge in [0.2, 0.25) is 0 Å². The Bertz CT molecular complexity index is 570. The van der Waals surface area contributed by atoms with Crippen molar-refractivity contribution in [3.8, 4) is 11.9 Å². The molecule has 2 aromatic carbocycles. The van der Waals surface area contributed by atoms with Crippen LogP contribution >= 0.6 is 0 Å². The number of nitrogens with one attached hydrogen (secondary N) is 1. The summed E-state index contributed by atoms with van der Waals surface area (Å²) in [6.45, 7) is 1.95. The molecule has 1 N–H and O–H groups in total. The summed E-state index contributed by atoms with van der Waals surface area (Å²) >= 11 is 0. The molecule has 0 saturated heterocycles. The van der Waals surface area contributed by atoms with Gasteiger partial charge in [-0.05, 0) is 18.6 Å². The van der Waals surface area contributed by atoms with Crippen molar-refractivity contribution in [2.24, 2.45) is 0 Å². The Labute approximate surface area is 94.3 Å². The number of ether oxygens (including phenoxy) is 1. The van der Waals surface area contributed by atoms with E-state index >= 15 is 0 Å². The largest absolute Gasteiger partial charge is 0.496 e. The SMILES string of the molecule is COc1cc(C)c(NC#N)c2ccccc12. The maximum absolute atomic E-state index is 8.74. The van der Waals surface area contributed by atoms with Crippen LogP contribution in [0.15, 0.2) is 30.3 Å². The third-order valence-corrected chi connectivity index (χ3v) is 2.60. The van der Waals surface area contributed by atoms with Crippen LogP contribution in [0.25, 0.3) is 10.8 Å². The fourth-order valence-electron chi connectivity index (χ4n) is 1.87. The fraction of sp³-hybridized carbons (Fsp3) is 0.154. The van der Waals surface area contributed by atoms with E-state index in [1.807, 2.05) is 43.4 Å². The molecule has 2 aromatic rings. The van der Waals surface area contributed by atoms with E-state index in [9.17, 15) is 0 Å². The first kappa shape index (κ1) is 10.3. The monoisotopic (exact) mass is 212 g/mol. The van der Waals surface area contributed by atoms with Gasteiger partial charge in [-0.25, -0.2) is 0 Å². The average Bonchev–Trinajstić information content (AvgIpc) is 2.32. The first-order valence-corrected chi connectivity index (χ1v) is 4.99. The number of aryl methyl sites for hydroxylation is 1. The van der Waals surface area contributed by atoms with Gasteiger partial charge in [0.15, 0.2) is 6.19 Å². The van der Waals surface area contributed by atoms with E-state index in [4.69, 9.17) is 10.00 Å². The first-order valence-electron chi connectivity index (χ1n) is 4.99. The van der Waals surface area contributed by atoms with Gasteiger partial charge in [0, 0.05) is 10.8 Å². The van der Waals surface area contributed by atoms with Gasteiger partial charge in [0.25, 0.3) is 0 Å². The molecule has 0 atom stereocenters. The molecule has 0 aliphatic rings. The molecule has 16 heavy (non-hydrogen) atoms. The highest BCUT2D eigenvalue weighted by Crippen LogP contribution is 2.34. The molecule has 0 radical (unpaired) electrons. The normalized spacial score (nSPS) is 9.81. The van der Waals surface area contributed by atoms with Crippen LogP contribution in [0, 0.1) is 18.4 Å². The van der Waals surface area contributed by atoms with Crippen LogP contribution in [0.3, 0.4) is 0 Å². The van der Waals surface area contributed by atoms with Crippen molar-refractivity contribution in [2.75, 3.05) is 12.4 Å². The number of nitriles is 1. The molecule has 3 nitrogen and oxygen atoms in total. The summed E-state index contributed by atoms with van der Waals surface area (Å²) in [5.74, 6) is 0.830. The Balaban J connectivity index is 2.82. The lowest BCUT2D eigenvalue weighted by atomic mass is 10.0. The van der Waals surface area contributed by atoms with Crippen molar-refractivity contribution in [2.45, 2.75) is 6.92 Å². The molecular formula is C13H12N2O. The van der Waals surface area contributed by atoms with Gasteiger partial charge in [-0.2, -0.15) is 5.26 Å². The molecule has 0 heterocycles. The minimum Gasteiger partial charge on any atom is -0.496 e. The molecule has 0 aliphatic heterocycles. The molecule has 0 spiro atoms. The molecule has 0 aliphatic carbocycles. The lowest BCUT2D eigenvalue weighted by Crippen LogP contribution is -1.95. The van der Waals surface area contributed by atoms with Crippen molar-refractivity contribution in [3.63, 3.8) is 0 Å². The molecule has 0 aromatic heterocycles. The molecule has 2 rings (SSSR count). The number of rotatable bonds is 2. The summed E-state index contributed by atoms with van der Waals surface area (Å²) in [6, 6.07) is 9.79. The zero-order valence-electron chi connectivity index (χ0n) is 9.24. The Hall–Kier alpha value is -2.21. The summed E-state index contributed by atoms with van der Waals surface area (Å²) in [7, 11) is 1.65. The van der Waals surface area contributed by atoms with Gasteiger partial charge >= 0.3 is 0 Å². The second-order valence-electron chi connectivity index (χ2n) is 3.55. The molecular weight excluding hydrogens is 200 g/mol. The second-order valence-corrected chi connectivity index (χ2v) is 3.55. The van der Waals surface area contributed by atoms with Crippen molar-refractivity contribution in [1.82, 2.24) is 0 Å². The quantitative estimate of drug-likeness (QED) is 0.614. The lowest BCUT2D eigenvalue weighted by Gasteiger charge is -2.12. The van der Waals surface area contributed by atoms with E-state index in [0.29, 0.717) is 0 Å². The van der Waals surface area contributed by atoms with Crippen LogP contribution in [-0.2, 0) is 0 Å². The summed E-state index contributed by atoms with van der Waals surface area (Å²) in [5, 5.41) is 13.5. The smallest absolute Gasteiger partial charge is 0.181 e. The molecule has 0 amide bonds. The van der Waals surface area contributed by atoms with E-state index in [1.165, 1.54) is 0 Å². The zero-order valence-corrected chi connectivity index (χ0v) is 9.24. The van der Waals surface area contributed by atoms with Gasteiger partial charge in [0.1, 0.15) is 5.75 Å². The molecule has 0 bridgehead atoms. The van der Waals surface area contributed by atoms with Crippen LogP contribution in [0.2, 0.25) is 0 Å². The van der Waals surface area contributed by atoms with Crippen LogP contribution in [0.1, 0.15) is 5.56 Å². The zero-order chi connectivity index (χ0) is 11.5. The Morgan fingerprint density at radius 1 is 1.25 bits per heavy atom. The van der Waals surface area contributed by atoms with Crippen LogP contribution in [0.5, 0.6) is 5.75 Å². The van der Waals surface area contributed by atoms with Crippen molar-refractivity contribution < 1.29 is 4.74 Å². The third-order valence-electron chi connectivity index (χ3n) is 2.60. The average molecular weight is 212 g/mol. The summed E-state index contributed by atoms with van der Waals surface area (Å²) < 4.78 is 5.33. The maximum atomic E-state index is 8.74. The number of nitrogens with zero attached hydrogens (tertiary/aromatic N) is 1. The predicted octanol–water partition coefficient (Wildman–Crippen LogP) is 3.05. The van der Waals surface area contributed by atoms with Crippen LogP contribution in [-0.4, -0.2) is 7.11 Å². The van der Waals surface area contributed by atoms with Crippen molar-refractivity contribution in [3.05, 3.63) is 35.9 Å². The van der Waals surface area contributed by atoms with E-state index in [-0.39, 0.29) is 0 Å². The van der Waals surface area contributed by atoms with E-state index in [1.54, 1.807) is 7.11 Å². The van der Waals surface area contributed by atoms with Crippen LogP contribution in [0.4, 0.5) is 5.69 Å². The molecule has 0 unspecified atom stereocenters. The Kier molecular flexibility index (Phi) is 2.65. The minimum absolute atomic E-state index is 0.830. The number of methoxy groups -OCH3 is 1. The van der Waals surface area contributed by atoms with E-state index in [2.05, 4.69) is 5.32 Å². The standard InChI is InChI=1S/C13H12N2O/c1-9-7-12(16-2)10-5-3-4-6-11(10)13(9)15-8-14/h3-7,15H,1-2H3. The van der Waals surface area contributed by atoms with Gasteiger partial charge in [-0.3, -0.25) is 5.32 Å². The van der Waals surface area contributed by atoms with Gasteiger partial charge in [-0.1, -0.05) is 24.3 Å². The van der Waals surface area contributed by atoms with Gasteiger partial charge in [0.05, 0.1) is 12.8 Å². The van der Waals surface area contributed by atoms with Gasteiger partial charge in [-0.15, -0.1) is 0 Å².